The highest BCUT2D eigenvalue weighted by Crippen LogP contribution is 2.41. The van der Waals surface area contributed by atoms with Gasteiger partial charge in [-0.3, -0.25) is 9.78 Å². The summed E-state index contributed by atoms with van der Waals surface area (Å²) in [5, 5.41) is 0. The van der Waals surface area contributed by atoms with Crippen LogP contribution in [0.1, 0.15) is 66.1 Å². The minimum atomic E-state index is -0.849. The summed E-state index contributed by atoms with van der Waals surface area (Å²) < 4.78 is 27.4. The molecule has 1 aliphatic heterocycles. The summed E-state index contributed by atoms with van der Waals surface area (Å²) in [7, 11) is 0. The highest BCUT2D eigenvalue weighted by molar-refractivity contribution is 5.94. The van der Waals surface area contributed by atoms with Crippen molar-refractivity contribution in [2.24, 2.45) is 5.41 Å². The van der Waals surface area contributed by atoms with Crippen LogP contribution < -0.4 is 0 Å². The van der Waals surface area contributed by atoms with Crippen LogP contribution in [0, 0.1) is 17.0 Å². The Morgan fingerprint density at radius 3 is 2.38 bits per heavy atom. The molecule has 0 saturated carbocycles. The minimum Gasteiger partial charge on any atom is -0.338 e. The first kappa shape index (κ1) is 22.1. The number of hydrogen-bond donors (Lipinski definition) is 0. The first-order valence-corrected chi connectivity index (χ1v) is 11.0. The lowest BCUT2D eigenvalue weighted by atomic mass is 9.72. The molecule has 2 aromatic carbocycles. The van der Waals surface area contributed by atoms with Crippen LogP contribution in [-0.2, 0) is 0 Å². The van der Waals surface area contributed by atoms with E-state index in [2.05, 4.69) is 31.8 Å². The van der Waals surface area contributed by atoms with E-state index >= 15 is 0 Å². The molecule has 1 saturated heterocycles. The van der Waals surface area contributed by atoms with Crippen molar-refractivity contribution < 1.29 is 13.6 Å². The maximum absolute atomic E-state index is 13.9. The smallest absolute Gasteiger partial charge is 0.253 e. The van der Waals surface area contributed by atoms with Crippen LogP contribution >= 0.6 is 0 Å². The predicted octanol–water partition coefficient (Wildman–Crippen LogP) is 6.17. The summed E-state index contributed by atoms with van der Waals surface area (Å²) in [4.78, 5) is 19.2. The van der Waals surface area contributed by atoms with Crippen molar-refractivity contribution in [2.45, 2.75) is 39.0 Å². The molecule has 5 heteroatoms. The molecule has 166 valence electrons. The number of hydrogen-bond acceptors (Lipinski definition) is 2. The zero-order chi connectivity index (χ0) is 22.9. The van der Waals surface area contributed by atoms with Crippen molar-refractivity contribution in [2.75, 3.05) is 13.1 Å². The fraction of sp³-hybridized carbons (Fsp3) is 0.333. The van der Waals surface area contributed by atoms with E-state index in [0.29, 0.717) is 23.6 Å². The van der Waals surface area contributed by atoms with Gasteiger partial charge in [0, 0.05) is 42.9 Å². The summed E-state index contributed by atoms with van der Waals surface area (Å²) >= 11 is 0. The fourth-order valence-electron chi connectivity index (χ4n) is 4.72. The van der Waals surface area contributed by atoms with Gasteiger partial charge in [0.05, 0.1) is 0 Å². The van der Waals surface area contributed by atoms with Crippen molar-refractivity contribution in [3.63, 3.8) is 0 Å². The van der Waals surface area contributed by atoms with Gasteiger partial charge in [-0.05, 0) is 58.9 Å². The number of amides is 1. The van der Waals surface area contributed by atoms with Crippen LogP contribution in [0.25, 0.3) is 0 Å². The maximum Gasteiger partial charge on any atom is 0.253 e. The lowest BCUT2D eigenvalue weighted by molar-refractivity contribution is 0.0790. The second kappa shape index (κ2) is 8.81. The Labute approximate surface area is 188 Å². The second-order valence-electron chi connectivity index (χ2n) is 9.62. The van der Waals surface area contributed by atoms with E-state index in [1.165, 1.54) is 12.1 Å². The summed E-state index contributed by atoms with van der Waals surface area (Å²) in [5.41, 5.74) is 3.27. The zero-order valence-electron chi connectivity index (χ0n) is 18.7. The quantitative estimate of drug-likeness (QED) is 0.492. The van der Waals surface area contributed by atoms with E-state index in [-0.39, 0.29) is 17.2 Å². The van der Waals surface area contributed by atoms with Crippen LogP contribution in [0.15, 0.2) is 67.0 Å². The Kier molecular flexibility index (Phi) is 6.09. The molecule has 1 amide bonds. The van der Waals surface area contributed by atoms with Crippen molar-refractivity contribution in [1.29, 1.82) is 0 Å². The molecule has 2 heterocycles. The number of likely N-dealkylation sites (tertiary alicyclic amines) is 1. The number of carbonyl (C=O) groups is 1. The third-order valence-corrected chi connectivity index (χ3v) is 6.27. The van der Waals surface area contributed by atoms with E-state index in [1.807, 2.05) is 41.4 Å². The van der Waals surface area contributed by atoms with Crippen LogP contribution in [0.4, 0.5) is 8.78 Å². The number of benzene rings is 2. The fourth-order valence-corrected chi connectivity index (χ4v) is 4.72. The molecule has 1 fully saturated rings. The van der Waals surface area contributed by atoms with Gasteiger partial charge in [0.25, 0.3) is 5.91 Å². The summed E-state index contributed by atoms with van der Waals surface area (Å²) in [5.74, 6) is -1.50. The number of nitrogens with zero attached hydrogens (tertiary/aromatic N) is 2. The first-order chi connectivity index (χ1) is 15.2. The highest BCUT2D eigenvalue weighted by atomic mass is 19.2. The van der Waals surface area contributed by atoms with Crippen molar-refractivity contribution >= 4 is 5.91 Å². The molecule has 3 aromatic rings. The minimum absolute atomic E-state index is 0.0167. The molecule has 1 aromatic heterocycles. The van der Waals surface area contributed by atoms with E-state index in [1.54, 1.807) is 12.3 Å². The third kappa shape index (κ3) is 4.57. The molecule has 0 spiro atoms. The van der Waals surface area contributed by atoms with Crippen molar-refractivity contribution in [3.8, 4) is 0 Å². The normalized spacial score (nSPS) is 17.4. The molecule has 0 radical (unpaired) electrons. The molecule has 0 aliphatic carbocycles. The van der Waals surface area contributed by atoms with Crippen LogP contribution in [0.3, 0.4) is 0 Å². The van der Waals surface area contributed by atoms with Crippen LogP contribution in [-0.4, -0.2) is 28.9 Å². The molecule has 1 aliphatic rings. The summed E-state index contributed by atoms with van der Waals surface area (Å²) in [6, 6.07) is 15.6. The Morgan fingerprint density at radius 1 is 1.03 bits per heavy atom. The second-order valence-corrected chi connectivity index (χ2v) is 9.62. The molecule has 32 heavy (non-hydrogen) atoms. The zero-order valence-corrected chi connectivity index (χ0v) is 18.7. The van der Waals surface area contributed by atoms with Gasteiger partial charge in [-0.25, -0.2) is 8.78 Å². The highest BCUT2D eigenvalue weighted by Gasteiger charge is 2.30. The van der Waals surface area contributed by atoms with Gasteiger partial charge < -0.3 is 4.90 Å². The lowest BCUT2D eigenvalue weighted by Gasteiger charge is -2.32. The van der Waals surface area contributed by atoms with Gasteiger partial charge >= 0.3 is 0 Å². The van der Waals surface area contributed by atoms with E-state index in [4.69, 9.17) is 0 Å². The number of rotatable bonds is 4. The number of halogens is 2. The standard InChI is InChI=1S/C27H28F2N2O/c1-27(2,3)25(20-10-11-23(28)24(29)15-20)18-6-8-19(9-7-18)26(32)31-14-12-22(17-31)21-5-4-13-30-16-21/h4-11,13,15-16,22,25H,12,14,17H2,1-3H3. The van der Waals surface area contributed by atoms with E-state index in [0.717, 1.165) is 24.1 Å². The SMILES string of the molecule is CC(C)(C)C(c1ccc(C(=O)N2CCC(c3cccnc3)C2)cc1)c1ccc(F)c(F)c1. The number of pyridine rings is 1. The monoisotopic (exact) mass is 434 g/mol. The Balaban J connectivity index is 1.53. The van der Waals surface area contributed by atoms with Crippen LogP contribution in [0.2, 0.25) is 0 Å². The average molecular weight is 435 g/mol. The molecular formula is C27H28F2N2O. The van der Waals surface area contributed by atoms with Gasteiger partial charge in [0.1, 0.15) is 0 Å². The van der Waals surface area contributed by atoms with Crippen molar-refractivity contribution in [3.05, 3.63) is 101 Å². The van der Waals surface area contributed by atoms with Gasteiger partial charge in [-0.15, -0.1) is 0 Å². The van der Waals surface area contributed by atoms with Gasteiger partial charge in [-0.1, -0.05) is 45.0 Å². The Morgan fingerprint density at radius 2 is 1.75 bits per heavy atom. The Hall–Kier alpha value is -3.08. The molecule has 4 rings (SSSR count). The largest absolute Gasteiger partial charge is 0.338 e. The summed E-state index contributed by atoms with van der Waals surface area (Å²) in [6.07, 6.45) is 4.56. The Bertz CT molecular complexity index is 1090. The number of carbonyl (C=O) groups excluding carboxylic acids is 1. The molecule has 2 atom stereocenters. The van der Waals surface area contributed by atoms with Gasteiger partial charge in [-0.2, -0.15) is 0 Å². The van der Waals surface area contributed by atoms with Gasteiger partial charge in [0.15, 0.2) is 11.6 Å². The van der Waals surface area contributed by atoms with Crippen molar-refractivity contribution in [1.82, 2.24) is 9.88 Å². The van der Waals surface area contributed by atoms with E-state index < -0.39 is 11.6 Å². The van der Waals surface area contributed by atoms with Gasteiger partial charge in [0.2, 0.25) is 0 Å². The summed E-state index contributed by atoms with van der Waals surface area (Å²) in [6.45, 7) is 7.62. The average Bonchev–Trinajstić information content (AvgIpc) is 3.26. The topological polar surface area (TPSA) is 33.2 Å². The van der Waals surface area contributed by atoms with Crippen LogP contribution in [0.5, 0.6) is 0 Å². The molecule has 0 N–H and O–H groups in total. The lowest BCUT2D eigenvalue weighted by Crippen LogP contribution is -2.28. The molecular weight excluding hydrogens is 406 g/mol. The predicted molar refractivity (Wildman–Crippen MR) is 122 cm³/mol. The maximum atomic E-state index is 13.9. The van der Waals surface area contributed by atoms with E-state index in [9.17, 15) is 13.6 Å². The first-order valence-electron chi connectivity index (χ1n) is 11.0. The molecule has 0 bridgehead atoms. The molecule has 3 nitrogen and oxygen atoms in total. The molecule has 2 unspecified atom stereocenters. The third-order valence-electron chi connectivity index (χ3n) is 6.27. The number of aromatic nitrogens is 1.